The molecule has 44 valence electrons. The summed E-state index contributed by atoms with van der Waals surface area (Å²) in [6, 6.07) is 0. The number of aliphatic hydroxyl groups excluding tert-OH is 1. The standard InChI is InChI=1S/C5H6O3/c1-3-5(7)4(6)2-8-3/h7H,2H2,1H3/i1D3. The van der Waals surface area contributed by atoms with Crippen LogP contribution in [0.1, 0.15) is 11.0 Å². The van der Waals surface area contributed by atoms with Crippen molar-refractivity contribution < 1.29 is 18.8 Å². The monoisotopic (exact) mass is 117 g/mol. The number of carbonyl (C=O) groups is 1. The quantitative estimate of drug-likeness (QED) is 0.498. The molecule has 1 rings (SSSR count). The summed E-state index contributed by atoms with van der Waals surface area (Å²) in [6.45, 7) is -2.91. The summed E-state index contributed by atoms with van der Waals surface area (Å²) in [5.41, 5.74) is 0. The molecule has 3 heteroatoms. The fourth-order valence-corrected chi connectivity index (χ4v) is 0.401. The van der Waals surface area contributed by atoms with Crippen molar-refractivity contribution in [2.75, 3.05) is 6.61 Å². The van der Waals surface area contributed by atoms with Crippen LogP contribution in [-0.4, -0.2) is 17.5 Å². The predicted molar refractivity (Wildman–Crippen MR) is 26.3 cm³/mol. The van der Waals surface area contributed by atoms with Crippen molar-refractivity contribution >= 4 is 5.78 Å². The van der Waals surface area contributed by atoms with Gasteiger partial charge in [-0.2, -0.15) is 0 Å². The van der Waals surface area contributed by atoms with E-state index >= 15 is 0 Å². The lowest BCUT2D eigenvalue weighted by atomic mass is 10.3. The van der Waals surface area contributed by atoms with Crippen LogP contribution in [0.4, 0.5) is 0 Å². The Morgan fingerprint density at radius 3 is 3.00 bits per heavy atom. The van der Waals surface area contributed by atoms with E-state index < -0.39 is 24.2 Å². The average molecular weight is 117 g/mol. The van der Waals surface area contributed by atoms with E-state index in [-0.39, 0.29) is 6.61 Å². The summed E-state index contributed by atoms with van der Waals surface area (Å²) in [7, 11) is 0. The Kier molecular flexibility index (Phi) is 0.476. The highest BCUT2D eigenvalue weighted by Gasteiger charge is 2.19. The second-order valence-electron chi connectivity index (χ2n) is 1.39. The van der Waals surface area contributed by atoms with Gasteiger partial charge in [-0.15, -0.1) is 0 Å². The van der Waals surface area contributed by atoms with Gasteiger partial charge in [0.05, 0.1) is 0 Å². The molecule has 0 aromatic heterocycles. The fourth-order valence-electron chi connectivity index (χ4n) is 0.401. The van der Waals surface area contributed by atoms with Gasteiger partial charge in [0, 0.05) is 4.11 Å². The summed E-state index contributed by atoms with van der Waals surface area (Å²) < 4.78 is 24.8. The lowest BCUT2D eigenvalue weighted by Crippen LogP contribution is -1.99. The molecule has 0 fully saturated rings. The van der Waals surface area contributed by atoms with Gasteiger partial charge in [0.25, 0.3) is 0 Å². The van der Waals surface area contributed by atoms with E-state index in [1.165, 1.54) is 0 Å². The van der Waals surface area contributed by atoms with E-state index in [1.807, 2.05) is 0 Å². The minimum atomic E-state index is -2.53. The van der Waals surface area contributed by atoms with E-state index in [9.17, 15) is 4.79 Å². The zero-order chi connectivity index (χ0) is 8.65. The van der Waals surface area contributed by atoms with Crippen LogP contribution in [0, 0.1) is 0 Å². The highest BCUT2D eigenvalue weighted by Crippen LogP contribution is 2.10. The third kappa shape index (κ3) is 0.559. The van der Waals surface area contributed by atoms with Crippen LogP contribution in [0.5, 0.6) is 0 Å². The lowest BCUT2D eigenvalue weighted by Gasteiger charge is -1.88. The van der Waals surface area contributed by atoms with E-state index in [4.69, 9.17) is 9.22 Å². The Bertz CT molecular complexity index is 228. The first-order valence-electron chi connectivity index (χ1n) is 3.52. The number of hydrogen-bond donors (Lipinski definition) is 1. The third-order valence-electron chi connectivity index (χ3n) is 0.827. The van der Waals surface area contributed by atoms with Crippen molar-refractivity contribution in [3.63, 3.8) is 0 Å². The molecule has 0 bridgehead atoms. The molecular weight excluding hydrogens is 108 g/mol. The maximum Gasteiger partial charge on any atom is 0.237 e. The van der Waals surface area contributed by atoms with Crippen LogP contribution in [0.25, 0.3) is 0 Å². The molecule has 0 saturated carbocycles. The molecule has 1 aliphatic rings. The molecule has 0 aromatic rings. The normalized spacial score (nSPS) is 26.5. The maximum absolute atomic E-state index is 10.5. The van der Waals surface area contributed by atoms with E-state index in [2.05, 4.69) is 4.74 Å². The zero-order valence-electron chi connectivity index (χ0n) is 6.97. The zero-order valence-corrected chi connectivity index (χ0v) is 3.97. The Morgan fingerprint density at radius 1 is 2.00 bits per heavy atom. The Morgan fingerprint density at radius 2 is 2.75 bits per heavy atom. The molecule has 0 atom stereocenters. The van der Waals surface area contributed by atoms with E-state index in [1.54, 1.807) is 0 Å². The highest BCUT2D eigenvalue weighted by atomic mass is 16.5. The van der Waals surface area contributed by atoms with Gasteiger partial charge in [0.2, 0.25) is 11.5 Å². The van der Waals surface area contributed by atoms with Crippen molar-refractivity contribution in [2.45, 2.75) is 6.85 Å². The first-order chi connectivity index (χ1) is 4.93. The second-order valence-corrected chi connectivity index (χ2v) is 1.39. The summed E-state index contributed by atoms with van der Waals surface area (Å²) >= 11 is 0. The molecule has 1 aliphatic heterocycles. The number of allylic oxidation sites excluding steroid dienone is 1. The van der Waals surface area contributed by atoms with Gasteiger partial charge in [-0.3, -0.25) is 4.79 Å². The van der Waals surface area contributed by atoms with Gasteiger partial charge in [-0.25, -0.2) is 0 Å². The van der Waals surface area contributed by atoms with Crippen LogP contribution in [0.15, 0.2) is 11.5 Å². The average Bonchev–Trinajstić information content (AvgIpc) is 2.11. The maximum atomic E-state index is 10.5. The Hall–Kier alpha value is -0.990. The van der Waals surface area contributed by atoms with E-state index in [0.29, 0.717) is 0 Å². The fraction of sp³-hybridized carbons (Fsp3) is 0.400. The molecule has 0 spiro atoms. The number of hydrogen-bond acceptors (Lipinski definition) is 3. The Balaban J connectivity index is 2.98. The van der Waals surface area contributed by atoms with Crippen molar-refractivity contribution in [1.29, 1.82) is 0 Å². The smallest absolute Gasteiger partial charge is 0.237 e. The van der Waals surface area contributed by atoms with Gasteiger partial charge in [-0.1, -0.05) is 0 Å². The molecule has 0 aromatic carbocycles. The van der Waals surface area contributed by atoms with E-state index in [0.717, 1.165) is 0 Å². The van der Waals surface area contributed by atoms with Crippen LogP contribution in [0.3, 0.4) is 0 Å². The summed E-state index contributed by atoms with van der Waals surface area (Å²) in [4.78, 5) is 10.5. The summed E-state index contributed by atoms with van der Waals surface area (Å²) in [6.07, 6.45) is 0. The molecule has 0 radical (unpaired) electrons. The highest BCUT2D eigenvalue weighted by molar-refractivity contribution is 5.96. The minimum Gasteiger partial charge on any atom is -0.502 e. The van der Waals surface area contributed by atoms with Gasteiger partial charge in [0.1, 0.15) is 5.76 Å². The molecular formula is C5H6O3. The lowest BCUT2D eigenvalue weighted by molar-refractivity contribution is -0.118. The SMILES string of the molecule is [2H]C([2H])([2H])C1=C(O)C(=O)CO1. The number of ketones is 1. The first kappa shape index (κ1) is 2.53. The molecule has 1 heterocycles. The van der Waals surface area contributed by atoms with Crippen LogP contribution in [-0.2, 0) is 9.53 Å². The molecule has 8 heavy (non-hydrogen) atoms. The second kappa shape index (κ2) is 1.51. The molecule has 0 aliphatic carbocycles. The van der Waals surface area contributed by atoms with Gasteiger partial charge in [-0.05, 0) is 6.85 Å². The number of carbonyl (C=O) groups excluding carboxylic acids is 1. The van der Waals surface area contributed by atoms with Crippen LogP contribution in [0.2, 0.25) is 0 Å². The van der Waals surface area contributed by atoms with Crippen molar-refractivity contribution in [2.24, 2.45) is 0 Å². The molecule has 3 nitrogen and oxygen atoms in total. The van der Waals surface area contributed by atoms with Gasteiger partial charge < -0.3 is 9.84 Å². The molecule has 0 saturated heterocycles. The topological polar surface area (TPSA) is 46.5 Å². The van der Waals surface area contributed by atoms with Crippen molar-refractivity contribution in [3.8, 4) is 0 Å². The first-order valence-corrected chi connectivity index (χ1v) is 2.02. The largest absolute Gasteiger partial charge is 0.502 e. The van der Waals surface area contributed by atoms with Crippen molar-refractivity contribution in [3.05, 3.63) is 11.5 Å². The Labute approximate surface area is 50.8 Å². The van der Waals surface area contributed by atoms with Crippen LogP contribution < -0.4 is 0 Å². The molecule has 0 amide bonds. The number of ether oxygens (including phenoxy) is 1. The van der Waals surface area contributed by atoms with Crippen LogP contribution >= 0.6 is 0 Å². The summed E-state index contributed by atoms with van der Waals surface area (Å²) in [5.74, 6) is -2.05. The minimum absolute atomic E-state index is 0.375. The number of aliphatic hydroxyl groups is 1. The summed E-state index contributed by atoms with van der Waals surface area (Å²) in [5, 5.41) is 8.84. The predicted octanol–water partition coefficient (Wildman–Crippen LogP) is 0.375. The molecule has 0 unspecified atom stereocenters. The van der Waals surface area contributed by atoms with Crippen molar-refractivity contribution in [1.82, 2.24) is 0 Å². The van der Waals surface area contributed by atoms with Gasteiger partial charge >= 0.3 is 0 Å². The number of rotatable bonds is 0. The third-order valence-corrected chi connectivity index (χ3v) is 0.827. The number of Topliss-reactive ketones (excluding diaryl/α,β-unsaturated/α-hetero) is 1. The van der Waals surface area contributed by atoms with Gasteiger partial charge in [0.15, 0.2) is 6.61 Å². The molecule has 1 N–H and O–H groups in total.